The van der Waals surface area contributed by atoms with Gasteiger partial charge in [0.2, 0.25) is 11.7 Å². The average molecular weight is 474 g/mol. The smallest absolute Gasteiger partial charge is 0.369 e. The summed E-state index contributed by atoms with van der Waals surface area (Å²) in [4.78, 5) is 24.4. The van der Waals surface area contributed by atoms with Crippen molar-refractivity contribution in [2.45, 2.75) is 44.6 Å². The van der Waals surface area contributed by atoms with Gasteiger partial charge >= 0.3 is 6.18 Å². The summed E-state index contributed by atoms with van der Waals surface area (Å²) < 4.78 is 54.4. The second-order valence-electron chi connectivity index (χ2n) is 8.04. The van der Waals surface area contributed by atoms with E-state index in [4.69, 9.17) is 5.73 Å². The van der Waals surface area contributed by atoms with Crippen LogP contribution < -0.4 is 16.0 Å². The number of nitrogens with zero attached hydrogens (tertiary/aromatic N) is 4. The third-order valence-electron chi connectivity index (χ3n) is 5.32. The second-order valence-corrected chi connectivity index (χ2v) is 8.04. The standard InChI is InChI=1S/C23H22F4N6O/c24-20-21(29-11-15-6-4-14(5-7-15)10-19(28)34)30-13-31-22(20)33(17-8-9-17)12-16-2-1-3-18(32-16)23(25,26)27/h1-7,13,17H,8-12H2,(H2,28,34)(H,29,30,31). The van der Waals surface area contributed by atoms with E-state index in [0.29, 0.717) is 0 Å². The number of carbonyl (C=O) groups is 1. The molecule has 0 atom stereocenters. The predicted octanol–water partition coefficient (Wildman–Crippen LogP) is 3.84. The Morgan fingerprint density at radius 3 is 2.44 bits per heavy atom. The van der Waals surface area contributed by atoms with E-state index in [2.05, 4.69) is 20.3 Å². The van der Waals surface area contributed by atoms with Crippen LogP contribution >= 0.6 is 0 Å². The highest BCUT2D eigenvalue weighted by Gasteiger charge is 2.35. The Labute approximate surface area is 193 Å². The third kappa shape index (κ3) is 5.77. The fraction of sp³-hybridized carbons (Fsp3) is 0.304. The van der Waals surface area contributed by atoms with Gasteiger partial charge in [-0.05, 0) is 36.1 Å². The molecule has 0 unspecified atom stereocenters. The average Bonchev–Trinajstić information content (AvgIpc) is 3.63. The molecule has 0 saturated heterocycles. The Morgan fingerprint density at radius 1 is 1.09 bits per heavy atom. The van der Waals surface area contributed by atoms with Crippen molar-refractivity contribution in [3.63, 3.8) is 0 Å². The van der Waals surface area contributed by atoms with E-state index in [0.717, 1.165) is 30.0 Å². The van der Waals surface area contributed by atoms with Gasteiger partial charge in [0.25, 0.3) is 0 Å². The summed E-state index contributed by atoms with van der Waals surface area (Å²) in [7, 11) is 0. The van der Waals surface area contributed by atoms with E-state index in [1.807, 2.05) is 0 Å². The number of amides is 1. The lowest BCUT2D eigenvalue weighted by atomic mass is 10.1. The van der Waals surface area contributed by atoms with Crippen LogP contribution in [0.3, 0.4) is 0 Å². The molecule has 7 nitrogen and oxygen atoms in total. The van der Waals surface area contributed by atoms with E-state index in [1.54, 1.807) is 29.2 Å². The molecule has 178 valence electrons. The quantitative estimate of drug-likeness (QED) is 0.458. The van der Waals surface area contributed by atoms with E-state index < -0.39 is 23.6 Å². The Balaban J connectivity index is 1.50. The van der Waals surface area contributed by atoms with E-state index in [-0.39, 0.29) is 42.9 Å². The molecular weight excluding hydrogens is 452 g/mol. The van der Waals surface area contributed by atoms with Gasteiger partial charge in [-0.25, -0.2) is 15.0 Å². The normalized spacial score (nSPS) is 13.5. The van der Waals surface area contributed by atoms with Crippen molar-refractivity contribution in [3.05, 3.63) is 77.1 Å². The second kappa shape index (κ2) is 9.62. The largest absolute Gasteiger partial charge is 0.433 e. The zero-order chi connectivity index (χ0) is 24.3. The number of hydrogen-bond acceptors (Lipinski definition) is 6. The SMILES string of the molecule is NC(=O)Cc1ccc(CNc2ncnc(N(Cc3cccc(C(F)(F)F)n3)C3CC3)c2F)cc1. The molecule has 1 aliphatic carbocycles. The molecule has 3 N–H and O–H groups in total. The van der Waals surface area contributed by atoms with Crippen molar-refractivity contribution < 1.29 is 22.4 Å². The number of nitrogens with two attached hydrogens (primary N) is 1. The molecule has 2 heterocycles. The number of carbonyl (C=O) groups excluding carboxylic acids is 1. The number of nitrogens with one attached hydrogen (secondary N) is 1. The molecule has 4 rings (SSSR count). The van der Waals surface area contributed by atoms with E-state index >= 15 is 4.39 Å². The molecule has 0 bridgehead atoms. The first-order chi connectivity index (χ1) is 16.2. The lowest BCUT2D eigenvalue weighted by Gasteiger charge is -2.24. The van der Waals surface area contributed by atoms with Crippen LogP contribution in [-0.4, -0.2) is 26.9 Å². The maximum Gasteiger partial charge on any atom is 0.433 e. The maximum absolute atomic E-state index is 15.3. The Kier molecular flexibility index (Phi) is 6.62. The van der Waals surface area contributed by atoms with Crippen LogP contribution in [0.2, 0.25) is 0 Å². The number of rotatable bonds is 9. The van der Waals surface area contributed by atoms with Crippen LogP contribution in [0.1, 0.15) is 35.4 Å². The predicted molar refractivity (Wildman–Crippen MR) is 117 cm³/mol. The molecule has 11 heteroatoms. The molecule has 0 spiro atoms. The maximum atomic E-state index is 15.3. The Morgan fingerprint density at radius 2 is 1.79 bits per heavy atom. The van der Waals surface area contributed by atoms with Crippen molar-refractivity contribution in [2.75, 3.05) is 10.2 Å². The van der Waals surface area contributed by atoms with Crippen molar-refractivity contribution in [1.29, 1.82) is 0 Å². The number of alkyl halides is 3. The molecule has 1 fully saturated rings. The summed E-state index contributed by atoms with van der Waals surface area (Å²) in [6, 6.07) is 10.7. The minimum Gasteiger partial charge on any atom is -0.369 e. The highest BCUT2D eigenvalue weighted by Crippen LogP contribution is 2.35. The number of halogens is 4. The molecule has 0 radical (unpaired) electrons. The van der Waals surface area contributed by atoms with Crippen LogP contribution in [0.15, 0.2) is 48.8 Å². The summed E-state index contributed by atoms with van der Waals surface area (Å²) >= 11 is 0. The minimum absolute atomic E-state index is 0.0102. The first-order valence-electron chi connectivity index (χ1n) is 10.6. The van der Waals surface area contributed by atoms with Gasteiger partial charge in [-0.2, -0.15) is 17.6 Å². The highest BCUT2D eigenvalue weighted by atomic mass is 19.4. The van der Waals surface area contributed by atoms with Crippen molar-refractivity contribution >= 4 is 17.5 Å². The molecule has 1 aliphatic rings. The summed E-state index contributed by atoms with van der Waals surface area (Å²) in [5.74, 6) is -1.13. The highest BCUT2D eigenvalue weighted by molar-refractivity contribution is 5.76. The lowest BCUT2D eigenvalue weighted by molar-refractivity contribution is -0.141. The van der Waals surface area contributed by atoms with Gasteiger partial charge in [-0.3, -0.25) is 4.79 Å². The van der Waals surface area contributed by atoms with Crippen LogP contribution in [0.25, 0.3) is 0 Å². The number of primary amides is 1. The van der Waals surface area contributed by atoms with Crippen LogP contribution in [0.5, 0.6) is 0 Å². The van der Waals surface area contributed by atoms with Crippen LogP contribution in [0, 0.1) is 5.82 Å². The van der Waals surface area contributed by atoms with Crippen molar-refractivity contribution in [3.8, 4) is 0 Å². The zero-order valence-corrected chi connectivity index (χ0v) is 18.0. The fourth-order valence-electron chi connectivity index (χ4n) is 3.51. The molecule has 2 aromatic heterocycles. The summed E-state index contributed by atoms with van der Waals surface area (Å²) in [5.41, 5.74) is 5.97. The van der Waals surface area contributed by atoms with E-state index in [1.165, 1.54) is 18.5 Å². The lowest BCUT2D eigenvalue weighted by Crippen LogP contribution is -2.28. The van der Waals surface area contributed by atoms with Crippen LogP contribution in [-0.2, 0) is 30.5 Å². The van der Waals surface area contributed by atoms with Gasteiger partial charge in [0.05, 0.1) is 18.7 Å². The van der Waals surface area contributed by atoms with Crippen molar-refractivity contribution in [2.24, 2.45) is 5.73 Å². The van der Waals surface area contributed by atoms with Gasteiger partial charge in [-0.1, -0.05) is 30.3 Å². The molecule has 1 aromatic carbocycles. The molecule has 34 heavy (non-hydrogen) atoms. The number of hydrogen-bond donors (Lipinski definition) is 2. The number of aromatic nitrogens is 3. The van der Waals surface area contributed by atoms with Gasteiger partial charge in [-0.15, -0.1) is 0 Å². The summed E-state index contributed by atoms with van der Waals surface area (Å²) in [6.45, 7) is 0.256. The van der Waals surface area contributed by atoms with Gasteiger partial charge in [0.15, 0.2) is 11.6 Å². The first kappa shape index (κ1) is 23.4. The van der Waals surface area contributed by atoms with Crippen molar-refractivity contribution in [1.82, 2.24) is 15.0 Å². The minimum atomic E-state index is -4.56. The van der Waals surface area contributed by atoms with Gasteiger partial charge in [0.1, 0.15) is 12.0 Å². The zero-order valence-electron chi connectivity index (χ0n) is 18.0. The van der Waals surface area contributed by atoms with Gasteiger partial charge in [0, 0.05) is 12.6 Å². The molecule has 1 amide bonds. The third-order valence-corrected chi connectivity index (χ3v) is 5.32. The molecular formula is C23H22F4N6O. The topological polar surface area (TPSA) is 97.0 Å². The monoisotopic (exact) mass is 474 g/mol. The molecule has 3 aromatic rings. The Hall–Kier alpha value is -3.76. The number of pyridine rings is 1. The Bertz CT molecular complexity index is 1160. The summed E-state index contributed by atoms with van der Waals surface area (Å²) in [5, 5.41) is 2.93. The van der Waals surface area contributed by atoms with Crippen LogP contribution in [0.4, 0.5) is 29.2 Å². The molecule has 0 aliphatic heterocycles. The number of anilines is 2. The first-order valence-corrected chi connectivity index (χ1v) is 10.6. The van der Waals surface area contributed by atoms with E-state index in [9.17, 15) is 18.0 Å². The summed E-state index contributed by atoms with van der Waals surface area (Å²) in [6.07, 6.45) is -1.65. The number of benzene rings is 1. The fourth-order valence-corrected chi connectivity index (χ4v) is 3.51. The molecule has 1 saturated carbocycles. The van der Waals surface area contributed by atoms with Gasteiger partial charge < -0.3 is 16.0 Å².